The first-order chi connectivity index (χ1) is 14.4. The molecule has 1 atom stereocenters. The van der Waals surface area contributed by atoms with Gasteiger partial charge in [0.05, 0.1) is 24.2 Å². The molecule has 0 spiro atoms. The summed E-state index contributed by atoms with van der Waals surface area (Å²) in [5, 5.41) is 0. The highest BCUT2D eigenvalue weighted by atomic mass is 32.2. The molecule has 1 N–H and O–H groups in total. The number of carbonyl (C=O) groups excluding carboxylic acids is 1. The third-order valence-electron chi connectivity index (χ3n) is 5.13. The van der Waals surface area contributed by atoms with Gasteiger partial charge in [-0.1, -0.05) is 12.1 Å². The second kappa shape index (κ2) is 9.49. The van der Waals surface area contributed by atoms with Crippen molar-refractivity contribution in [3.8, 4) is 11.5 Å². The van der Waals surface area contributed by atoms with Gasteiger partial charge in [-0.15, -0.1) is 0 Å². The molecule has 1 heterocycles. The van der Waals surface area contributed by atoms with Crippen LogP contribution in [0.3, 0.4) is 0 Å². The van der Waals surface area contributed by atoms with Crippen molar-refractivity contribution in [2.75, 3.05) is 26.8 Å². The third-order valence-corrected chi connectivity index (χ3v) is 6.67. The molecule has 1 aliphatic rings. The number of hydrogen-bond donors (Lipinski definition) is 1. The minimum atomic E-state index is -3.84. The standard InChI is InChI=1S/C22H28N2O5S/c1-4-29-18-9-7-17(8-10-18)16(2)23-30(26,27)19-11-12-21(28-3)20(15-19)22(25)24-13-5-6-14-24/h7-12,15-16,23H,4-6,13-14H2,1-3H3/t16-/m1/s1. The number of ether oxygens (including phenoxy) is 2. The van der Waals surface area contributed by atoms with Crippen LogP contribution in [0.1, 0.15) is 48.7 Å². The summed E-state index contributed by atoms with van der Waals surface area (Å²) in [6.45, 7) is 5.59. The minimum absolute atomic E-state index is 0.0311. The van der Waals surface area contributed by atoms with Gasteiger partial charge >= 0.3 is 0 Å². The van der Waals surface area contributed by atoms with Crippen LogP contribution >= 0.6 is 0 Å². The van der Waals surface area contributed by atoms with Crippen LogP contribution < -0.4 is 14.2 Å². The molecule has 1 amide bonds. The highest BCUT2D eigenvalue weighted by molar-refractivity contribution is 7.89. The maximum absolute atomic E-state index is 13.0. The number of amides is 1. The maximum atomic E-state index is 13.0. The van der Waals surface area contributed by atoms with Gasteiger partial charge in [0.2, 0.25) is 10.0 Å². The fraction of sp³-hybridized carbons (Fsp3) is 0.409. The van der Waals surface area contributed by atoms with Gasteiger partial charge in [0.1, 0.15) is 11.5 Å². The van der Waals surface area contributed by atoms with E-state index in [-0.39, 0.29) is 16.4 Å². The second-order valence-electron chi connectivity index (χ2n) is 7.21. The smallest absolute Gasteiger partial charge is 0.257 e. The molecule has 0 unspecified atom stereocenters. The van der Waals surface area contributed by atoms with E-state index in [0.717, 1.165) is 24.2 Å². The first kappa shape index (κ1) is 22.1. The molecule has 2 aromatic carbocycles. The van der Waals surface area contributed by atoms with Crippen LogP contribution in [0.15, 0.2) is 47.4 Å². The molecule has 0 aromatic heterocycles. The summed E-state index contributed by atoms with van der Waals surface area (Å²) in [5.41, 5.74) is 1.07. The Labute approximate surface area is 178 Å². The van der Waals surface area contributed by atoms with Crippen molar-refractivity contribution < 1.29 is 22.7 Å². The van der Waals surface area contributed by atoms with Crippen molar-refractivity contribution in [3.63, 3.8) is 0 Å². The van der Waals surface area contributed by atoms with Crippen LogP contribution in [-0.4, -0.2) is 46.0 Å². The minimum Gasteiger partial charge on any atom is -0.496 e. The van der Waals surface area contributed by atoms with Crippen molar-refractivity contribution in [3.05, 3.63) is 53.6 Å². The average Bonchev–Trinajstić information content (AvgIpc) is 3.28. The Bertz CT molecular complexity index is 983. The Kier molecular flexibility index (Phi) is 6.99. The summed E-state index contributed by atoms with van der Waals surface area (Å²) in [5.74, 6) is 0.892. The number of nitrogens with one attached hydrogen (secondary N) is 1. The van der Waals surface area contributed by atoms with Gasteiger partial charge < -0.3 is 14.4 Å². The van der Waals surface area contributed by atoms with E-state index in [1.54, 1.807) is 11.8 Å². The first-order valence-corrected chi connectivity index (χ1v) is 11.6. The van der Waals surface area contributed by atoms with Gasteiger partial charge in [0, 0.05) is 19.1 Å². The van der Waals surface area contributed by atoms with E-state index in [4.69, 9.17) is 9.47 Å². The van der Waals surface area contributed by atoms with Crippen LogP contribution in [0.2, 0.25) is 0 Å². The summed E-state index contributed by atoms with van der Waals surface area (Å²) in [7, 11) is -2.37. The zero-order valence-electron chi connectivity index (χ0n) is 17.6. The molecule has 1 saturated heterocycles. The van der Waals surface area contributed by atoms with Crippen LogP contribution in [0, 0.1) is 0 Å². The van der Waals surface area contributed by atoms with Crippen molar-refractivity contribution in [2.45, 2.75) is 37.6 Å². The van der Waals surface area contributed by atoms with Gasteiger partial charge in [-0.05, 0) is 62.6 Å². The number of rotatable bonds is 8. The van der Waals surface area contributed by atoms with E-state index >= 15 is 0 Å². The van der Waals surface area contributed by atoms with E-state index in [2.05, 4.69) is 4.72 Å². The normalized spacial score (nSPS) is 15.1. The lowest BCUT2D eigenvalue weighted by molar-refractivity contribution is 0.0789. The van der Waals surface area contributed by atoms with Crippen LogP contribution in [0.4, 0.5) is 0 Å². The maximum Gasteiger partial charge on any atom is 0.257 e. The van der Waals surface area contributed by atoms with E-state index in [1.165, 1.54) is 25.3 Å². The molecule has 0 bridgehead atoms. The van der Waals surface area contributed by atoms with Crippen molar-refractivity contribution >= 4 is 15.9 Å². The van der Waals surface area contributed by atoms with Crippen molar-refractivity contribution in [1.82, 2.24) is 9.62 Å². The van der Waals surface area contributed by atoms with Gasteiger partial charge in [0.25, 0.3) is 5.91 Å². The molecule has 0 radical (unpaired) electrons. The Morgan fingerprint density at radius 1 is 1.13 bits per heavy atom. The number of likely N-dealkylation sites (tertiary alicyclic amines) is 1. The highest BCUT2D eigenvalue weighted by Crippen LogP contribution is 2.27. The predicted octanol–water partition coefficient (Wildman–Crippen LogP) is 3.37. The number of sulfonamides is 1. The summed E-state index contributed by atoms with van der Waals surface area (Å²) < 4.78 is 39.4. The SMILES string of the molecule is CCOc1ccc([C@@H](C)NS(=O)(=O)c2ccc(OC)c(C(=O)N3CCCC3)c2)cc1. The summed E-state index contributed by atoms with van der Waals surface area (Å²) in [4.78, 5) is 14.6. The van der Waals surface area contributed by atoms with E-state index < -0.39 is 16.1 Å². The van der Waals surface area contributed by atoms with Crippen LogP contribution in [0.25, 0.3) is 0 Å². The zero-order chi connectivity index (χ0) is 21.7. The number of hydrogen-bond acceptors (Lipinski definition) is 5. The Morgan fingerprint density at radius 3 is 2.40 bits per heavy atom. The fourth-order valence-corrected chi connectivity index (χ4v) is 4.76. The summed E-state index contributed by atoms with van der Waals surface area (Å²) in [6.07, 6.45) is 1.90. The topological polar surface area (TPSA) is 84.9 Å². The zero-order valence-corrected chi connectivity index (χ0v) is 18.4. The van der Waals surface area contributed by atoms with E-state index in [1.807, 2.05) is 31.2 Å². The quantitative estimate of drug-likeness (QED) is 0.691. The van der Waals surface area contributed by atoms with Gasteiger partial charge in [-0.25, -0.2) is 13.1 Å². The number of carbonyl (C=O) groups is 1. The largest absolute Gasteiger partial charge is 0.496 e. The van der Waals surface area contributed by atoms with E-state index in [0.29, 0.717) is 25.4 Å². The highest BCUT2D eigenvalue weighted by Gasteiger charge is 2.26. The van der Waals surface area contributed by atoms with Crippen molar-refractivity contribution in [2.24, 2.45) is 0 Å². The Balaban J connectivity index is 1.82. The second-order valence-corrected chi connectivity index (χ2v) is 8.92. The number of methoxy groups -OCH3 is 1. The monoisotopic (exact) mass is 432 g/mol. The summed E-state index contributed by atoms with van der Waals surface area (Å²) >= 11 is 0. The molecule has 0 saturated carbocycles. The lowest BCUT2D eigenvalue weighted by atomic mass is 10.1. The lowest BCUT2D eigenvalue weighted by Gasteiger charge is -2.19. The molecule has 2 aromatic rings. The molecule has 3 rings (SSSR count). The third kappa shape index (κ3) is 4.94. The molecule has 7 nitrogen and oxygen atoms in total. The molecule has 8 heteroatoms. The summed E-state index contributed by atoms with van der Waals surface area (Å²) in [6, 6.07) is 11.2. The molecular weight excluding hydrogens is 404 g/mol. The van der Waals surface area contributed by atoms with Crippen LogP contribution in [-0.2, 0) is 10.0 Å². The number of benzene rings is 2. The first-order valence-electron chi connectivity index (χ1n) is 10.1. The Morgan fingerprint density at radius 2 is 1.80 bits per heavy atom. The molecular formula is C22H28N2O5S. The van der Waals surface area contributed by atoms with Crippen molar-refractivity contribution in [1.29, 1.82) is 0 Å². The molecule has 162 valence electrons. The van der Waals surface area contributed by atoms with Crippen LogP contribution in [0.5, 0.6) is 11.5 Å². The van der Waals surface area contributed by atoms with Gasteiger partial charge in [-0.3, -0.25) is 4.79 Å². The molecule has 30 heavy (non-hydrogen) atoms. The number of nitrogens with zero attached hydrogens (tertiary/aromatic N) is 1. The van der Waals surface area contributed by atoms with Gasteiger partial charge in [-0.2, -0.15) is 0 Å². The lowest BCUT2D eigenvalue weighted by Crippen LogP contribution is -2.29. The molecule has 0 aliphatic carbocycles. The fourth-order valence-electron chi connectivity index (χ4n) is 3.50. The van der Waals surface area contributed by atoms with Gasteiger partial charge in [0.15, 0.2) is 0 Å². The molecule has 1 aliphatic heterocycles. The predicted molar refractivity (Wildman–Crippen MR) is 114 cm³/mol. The Hall–Kier alpha value is -2.58. The molecule has 1 fully saturated rings. The average molecular weight is 433 g/mol. The van der Waals surface area contributed by atoms with E-state index in [9.17, 15) is 13.2 Å².